The zero-order valence-electron chi connectivity index (χ0n) is 13.3. The van der Waals surface area contributed by atoms with Crippen LogP contribution < -0.4 is 4.90 Å². The van der Waals surface area contributed by atoms with Crippen molar-refractivity contribution in [3.63, 3.8) is 0 Å². The lowest BCUT2D eigenvalue weighted by Crippen LogP contribution is -2.18. The molecule has 0 aliphatic carbocycles. The van der Waals surface area contributed by atoms with Crippen LogP contribution in [0.3, 0.4) is 0 Å². The molecule has 0 amide bonds. The van der Waals surface area contributed by atoms with Gasteiger partial charge in [-0.3, -0.25) is 0 Å². The molecule has 0 aliphatic rings. The van der Waals surface area contributed by atoms with Crippen LogP contribution in [0.25, 0.3) is 10.8 Å². The fourth-order valence-electron chi connectivity index (χ4n) is 2.98. The molecule has 0 bridgehead atoms. The maximum Gasteiger partial charge on any atom is 0.141 e. The van der Waals surface area contributed by atoms with Gasteiger partial charge in [0.05, 0.1) is 0 Å². The Bertz CT molecular complexity index is 928. The third kappa shape index (κ3) is 2.86. The van der Waals surface area contributed by atoms with E-state index in [0.29, 0.717) is 0 Å². The summed E-state index contributed by atoms with van der Waals surface area (Å²) in [6.07, 6.45) is 1.89. The Morgan fingerprint density at radius 2 is 1.33 bits per heavy atom. The Hall–Kier alpha value is -3.13. The Morgan fingerprint density at radius 1 is 0.667 bits per heavy atom. The average Bonchev–Trinajstić information content (AvgIpc) is 2.67. The molecule has 0 N–H and O–H groups in total. The Labute approximate surface area is 142 Å². The van der Waals surface area contributed by atoms with E-state index < -0.39 is 0 Å². The molecule has 4 rings (SSSR count). The first-order chi connectivity index (χ1) is 11.9. The van der Waals surface area contributed by atoms with E-state index in [1.54, 1.807) is 0 Å². The van der Waals surface area contributed by atoms with Crippen molar-refractivity contribution in [3.8, 4) is 0 Å². The zero-order chi connectivity index (χ0) is 16.2. The molecule has 0 spiro atoms. The zero-order valence-corrected chi connectivity index (χ0v) is 13.3. The molecule has 0 radical (unpaired) electrons. The SMILES string of the molecule is c1ccc(CN(c2ccccc2)c2nccc3ccccc23)cc1. The number of hydrogen-bond donors (Lipinski definition) is 0. The van der Waals surface area contributed by atoms with Gasteiger partial charge in [-0.15, -0.1) is 0 Å². The van der Waals surface area contributed by atoms with E-state index >= 15 is 0 Å². The Balaban J connectivity index is 1.86. The lowest BCUT2D eigenvalue weighted by molar-refractivity contribution is 0.955. The molecule has 2 nitrogen and oxygen atoms in total. The second-order valence-electron chi connectivity index (χ2n) is 5.76. The summed E-state index contributed by atoms with van der Waals surface area (Å²) in [7, 11) is 0. The Morgan fingerprint density at radius 3 is 2.12 bits per heavy atom. The van der Waals surface area contributed by atoms with Crippen LogP contribution >= 0.6 is 0 Å². The highest BCUT2D eigenvalue weighted by Gasteiger charge is 2.14. The first kappa shape index (κ1) is 14.5. The highest BCUT2D eigenvalue weighted by Crippen LogP contribution is 2.31. The molecule has 3 aromatic carbocycles. The second kappa shape index (κ2) is 6.55. The summed E-state index contributed by atoms with van der Waals surface area (Å²) in [5.41, 5.74) is 2.40. The largest absolute Gasteiger partial charge is 0.321 e. The molecule has 4 aromatic rings. The molecule has 0 aliphatic heterocycles. The van der Waals surface area contributed by atoms with Crippen molar-refractivity contribution in [3.05, 3.63) is 103 Å². The number of para-hydroxylation sites is 1. The fourth-order valence-corrected chi connectivity index (χ4v) is 2.98. The lowest BCUT2D eigenvalue weighted by Gasteiger charge is -2.25. The second-order valence-corrected chi connectivity index (χ2v) is 5.76. The summed E-state index contributed by atoms with van der Waals surface area (Å²) in [4.78, 5) is 6.98. The molecule has 0 fully saturated rings. The van der Waals surface area contributed by atoms with Crippen LogP contribution in [0.15, 0.2) is 97.2 Å². The van der Waals surface area contributed by atoms with Crippen molar-refractivity contribution in [2.45, 2.75) is 6.54 Å². The molecule has 1 heterocycles. The molecular formula is C22H18N2. The van der Waals surface area contributed by atoms with Gasteiger partial charge < -0.3 is 4.90 Å². The minimum absolute atomic E-state index is 0.784. The van der Waals surface area contributed by atoms with Crippen LogP contribution in [0.4, 0.5) is 11.5 Å². The predicted molar refractivity (Wildman–Crippen MR) is 100 cm³/mol. The standard InChI is InChI=1S/C22H18N2/c1-3-9-18(10-4-1)17-24(20-12-5-2-6-13-20)22-21-14-8-7-11-19(21)15-16-23-22/h1-16H,17H2. The summed E-state index contributed by atoms with van der Waals surface area (Å²) in [5.74, 6) is 0.989. The van der Waals surface area contributed by atoms with Gasteiger partial charge in [0, 0.05) is 23.8 Å². The molecule has 24 heavy (non-hydrogen) atoms. The van der Waals surface area contributed by atoms with Gasteiger partial charge in [0.1, 0.15) is 5.82 Å². The molecule has 116 valence electrons. The quantitative estimate of drug-likeness (QED) is 0.489. The summed E-state index contributed by atoms with van der Waals surface area (Å²) in [5, 5.41) is 2.37. The minimum atomic E-state index is 0.784. The molecule has 0 saturated heterocycles. The number of anilines is 2. The third-order valence-corrected chi connectivity index (χ3v) is 4.16. The molecule has 1 aromatic heterocycles. The monoisotopic (exact) mass is 310 g/mol. The number of rotatable bonds is 4. The fraction of sp³-hybridized carbons (Fsp3) is 0.0455. The number of benzene rings is 3. The number of pyridine rings is 1. The van der Waals surface area contributed by atoms with Crippen molar-refractivity contribution < 1.29 is 0 Å². The summed E-state index contributed by atoms with van der Waals surface area (Å²) in [6, 6.07) is 31.4. The van der Waals surface area contributed by atoms with E-state index in [1.165, 1.54) is 16.3 Å². The van der Waals surface area contributed by atoms with Gasteiger partial charge in [-0.05, 0) is 29.1 Å². The van der Waals surface area contributed by atoms with Crippen LogP contribution in [0.2, 0.25) is 0 Å². The van der Waals surface area contributed by atoms with E-state index in [9.17, 15) is 0 Å². The molecule has 0 saturated carbocycles. The molecular weight excluding hydrogens is 292 g/mol. The third-order valence-electron chi connectivity index (χ3n) is 4.16. The topological polar surface area (TPSA) is 16.1 Å². The average molecular weight is 310 g/mol. The predicted octanol–water partition coefficient (Wildman–Crippen LogP) is 5.57. The smallest absolute Gasteiger partial charge is 0.141 e. The van der Waals surface area contributed by atoms with Gasteiger partial charge >= 0.3 is 0 Å². The van der Waals surface area contributed by atoms with E-state index in [0.717, 1.165) is 18.1 Å². The highest BCUT2D eigenvalue weighted by atomic mass is 15.2. The number of fused-ring (bicyclic) bond motifs is 1. The number of hydrogen-bond acceptors (Lipinski definition) is 2. The minimum Gasteiger partial charge on any atom is -0.321 e. The van der Waals surface area contributed by atoms with Crippen LogP contribution in [-0.4, -0.2) is 4.98 Å². The van der Waals surface area contributed by atoms with Crippen molar-refractivity contribution in [1.82, 2.24) is 4.98 Å². The molecule has 0 unspecified atom stereocenters. The number of aromatic nitrogens is 1. The summed E-state index contributed by atoms with van der Waals surface area (Å²) >= 11 is 0. The maximum absolute atomic E-state index is 4.71. The van der Waals surface area contributed by atoms with Crippen molar-refractivity contribution in [2.75, 3.05) is 4.90 Å². The Kier molecular flexibility index (Phi) is 3.95. The van der Waals surface area contributed by atoms with Gasteiger partial charge in [-0.25, -0.2) is 4.98 Å². The van der Waals surface area contributed by atoms with Gasteiger partial charge in [0.25, 0.3) is 0 Å². The van der Waals surface area contributed by atoms with Gasteiger partial charge in [-0.1, -0.05) is 72.8 Å². The van der Waals surface area contributed by atoms with Crippen molar-refractivity contribution >= 4 is 22.3 Å². The normalized spacial score (nSPS) is 10.7. The van der Waals surface area contributed by atoms with Crippen LogP contribution in [0.1, 0.15) is 5.56 Å². The highest BCUT2D eigenvalue weighted by molar-refractivity contribution is 5.93. The summed E-state index contributed by atoms with van der Waals surface area (Å²) in [6.45, 7) is 0.784. The van der Waals surface area contributed by atoms with E-state index in [4.69, 9.17) is 4.98 Å². The van der Waals surface area contributed by atoms with E-state index in [1.807, 2.05) is 18.3 Å². The molecule has 0 atom stereocenters. The van der Waals surface area contributed by atoms with Crippen LogP contribution in [-0.2, 0) is 6.54 Å². The van der Waals surface area contributed by atoms with E-state index in [-0.39, 0.29) is 0 Å². The van der Waals surface area contributed by atoms with Crippen molar-refractivity contribution in [2.24, 2.45) is 0 Å². The summed E-state index contributed by atoms with van der Waals surface area (Å²) < 4.78 is 0. The van der Waals surface area contributed by atoms with E-state index in [2.05, 4.69) is 83.8 Å². The first-order valence-electron chi connectivity index (χ1n) is 8.12. The van der Waals surface area contributed by atoms with Gasteiger partial charge in [0.15, 0.2) is 0 Å². The first-order valence-corrected chi connectivity index (χ1v) is 8.12. The lowest BCUT2D eigenvalue weighted by atomic mass is 10.1. The molecule has 2 heteroatoms. The van der Waals surface area contributed by atoms with Crippen LogP contribution in [0.5, 0.6) is 0 Å². The van der Waals surface area contributed by atoms with Crippen molar-refractivity contribution in [1.29, 1.82) is 0 Å². The van der Waals surface area contributed by atoms with Gasteiger partial charge in [-0.2, -0.15) is 0 Å². The van der Waals surface area contributed by atoms with Gasteiger partial charge in [0.2, 0.25) is 0 Å². The number of nitrogens with zero attached hydrogens (tertiary/aromatic N) is 2. The van der Waals surface area contributed by atoms with Crippen LogP contribution in [0, 0.1) is 0 Å². The maximum atomic E-state index is 4.71.